The molecule has 1 aliphatic carbocycles. The second-order valence-electron chi connectivity index (χ2n) is 16.9. The van der Waals surface area contributed by atoms with Gasteiger partial charge in [-0.2, -0.15) is 15.2 Å². The number of anilines is 3. The molecule has 0 radical (unpaired) electrons. The van der Waals surface area contributed by atoms with Crippen molar-refractivity contribution in [3.8, 4) is 0 Å². The number of nitrogens with zero attached hydrogens (tertiary/aromatic N) is 9. The second-order valence-corrected chi connectivity index (χ2v) is 16.9. The highest BCUT2D eigenvalue weighted by atomic mass is 16.2. The standard InChI is InChI=1S/C46H43N11O7/c1-24-33-23-48-46(51-40(33)56(29-5-3-4-6-29)45(64)39(24)25(2)58)49-37-13-11-30(22-47-37)54-15-17-55(18-16-54)42(61)28-10-8-26-7-9-27-19-31-32(21-35(27)53-52-34(26)20-28)44(63)57(43(31)62)36-12-14-38(59)50-41(36)60/h8,10-11,13,19-23,29,36H,3-7,9,12,14-18H2,1-2H3,(H,50,59,60)(H,47,48,49,51). The Morgan fingerprint density at radius 1 is 0.781 bits per heavy atom. The van der Waals surface area contributed by atoms with Crippen LogP contribution in [0.4, 0.5) is 28.8 Å². The molecule has 4 aliphatic heterocycles. The molecule has 0 bridgehead atoms. The van der Waals surface area contributed by atoms with Gasteiger partial charge in [0.15, 0.2) is 5.78 Å². The summed E-state index contributed by atoms with van der Waals surface area (Å²) in [5, 5.41) is 15.0. The average molecular weight is 862 g/mol. The number of pyridine rings is 2. The number of Topliss-reactive ketones (excluding diaryl/α,β-unsaturated/α-hetero) is 1. The van der Waals surface area contributed by atoms with E-state index in [-0.39, 0.29) is 58.8 Å². The van der Waals surface area contributed by atoms with E-state index in [0.29, 0.717) is 78.4 Å². The zero-order valence-electron chi connectivity index (χ0n) is 35.2. The Labute approximate surface area is 365 Å². The van der Waals surface area contributed by atoms with Gasteiger partial charge >= 0.3 is 0 Å². The average Bonchev–Trinajstić information content (AvgIpc) is 3.90. The van der Waals surface area contributed by atoms with E-state index in [1.807, 2.05) is 18.2 Å². The number of aromatic nitrogens is 4. The molecule has 3 fully saturated rings. The molecule has 5 aliphatic rings. The van der Waals surface area contributed by atoms with Crippen molar-refractivity contribution in [2.75, 3.05) is 36.4 Å². The molecule has 324 valence electrons. The van der Waals surface area contributed by atoms with Crippen LogP contribution in [0.1, 0.15) is 110 Å². The highest BCUT2D eigenvalue weighted by molar-refractivity contribution is 6.24. The Balaban J connectivity index is 0.793. The number of fused-ring (bicyclic) bond motifs is 4. The lowest BCUT2D eigenvalue weighted by Crippen LogP contribution is -2.54. The SMILES string of the molecule is CC(=O)c1c(C)c2cnc(Nc3ccc(N4CCN(C(=O)c5ccc6c(c5)N=Nc5cc7c(cc5CC6)C(=O)N(C5CCC(=O)NC5=O)C7=O)CC4)cn3)nc2n(C2CCCC2)c1=O. The number of carbonyl (C=O) groups excluding carboxylic acids is 6. The number of azo groups is 1. The van der Waals surface area contributed by atoms with E-state index in [0.717, 1.165) is 47.4 Å². The van der Waals surface area contributed by atoms with E-state index in [1.165, 1.54) is 13.0 Å². The Morgan fingerprint density at radius 2 is 1.50 bits per heavy atom. The molecule has 7 heterocycles. The molecule has 1 saturated carbocycles. The van der Waals surface area contributed by atoms with Gasteiger partial charge in [0, 0.05) is 55.8 Å². The first-order valence-corrected chi connectivity index (χ1v) is 21.6. The van der Waals surface area contributed by atoms with Crippen molar-refractivity contribution in [2.24, 2.45) is 10.2 Å². The molecule has 5 aromatic rings. The zero-order chi connectivity index (χ0) is 44.4. The summed E-state index contributed by atoms with van der Waals surface area (Å²) in [6.07, 6.45) is 8.29. The van der Waals surface area contributed by atoms with Gasteiger partial charge in [0.1, 0.15) is 17.5 Å². The highest BCUT2D eigenvalue weighted by Crippen LogP contribution is 2.37. The number of rotatable bonds is 7. The molecule has 2 aromatic carbocycles. The summed E-state index contributed by atoms with van der Waals surface area (Å²) in [6.45, 7) is 5.32. The second kappa shape index (κ2) is 16.0. The molecule has 2 N–H and O–H groups in total. The molecule has 1 atom stereocenters. The minimum Gasteiger partial charge on any atom is -0.367 e. The number of carbonyl (C=O) groups is 6. The van der Waals surface area contributed by atoms with Gasteiger partial charge in [-0.15, -0.1) is 0 Å². The third kappa shape index (κ3) is 7.07. The van der Waals surface area contributed by atoms with Gasteiger partial charge in [0.25, 0.3) is 23.3 Å². The van der Waals surface area contributed by atoms with Crippen LogP contribution >= 0.6 is 0 Å². The Kier molecular flexibility index (Phi) is 10.1. The van der Waals surface area contributed by atoms with Crippen LogP contribution in [0.3, 0.4) is 0 Å². The van der Waals surface area contributed by atoms with E-state index < -0.39 is 29.7 Å². The van der Waals surface area contributed by atoms with Gasteiger partial charge < -0.3 is 15.1 Å². The lowest BCUT2D eigenvalue weighted by atomic mass is 9.96. The molecule has 18 heteroatoms. The third-order valence-corrected chi connectivity index (χ3v) is 13.1. The zero-order valence-corrected chi connectivity index (χ0v) is 35.2. The molecule has 2 saturated heterocycles. The van der Waals surface area contributed by atoms with Gasteiger partial charge in [0.05, 0.1) is 39.9 Å². The van der Waals surface area contributed by atoms with E-state index in [1.54, 1.807) is 47.0 Å². The summed E-state index contributed by atoms with van der Waals surface area (Å²) < 4.78 is 1.68. The van der Waals surface area contributed by atoms with E-state index in [4.69, 9.17) is 4.98 Å². The van der Waals surface area contributed by atoms with Gasteiger partial charge in [-0.25, -0.2) is 9.97 Å². The van der Waals surface area contributed by atoms with Crippen LogP contribution in [0.2, 0.25) is 0 Å². The van der Waals surface area contributed by atoms with Gasteiger partial charge in [-0.1, -0.05) is 18.9 Å². The quantitative estimate of drug-likeness (QED) is 0.154. The topological polar surface area (TPSA) is 222 Å². The predicted molar refractivity (Wildman–Crippen MR) is 233 cm³/mol. The van der Waals surface area contributed by atoms with Crippen molar-refractivity contribution in [3.63, 3.8) is 0 Å². The van der Waals surface area contributed by atoms with Crippen molar-refractivity contribution < 1.29 is 28.8 Å². The van der Waals surface area contributed by atoms with Crippen molar-refractivity contribution >= 4 is 75.2 Å². The summed E-state index contributed by atoms with van der Waals surface area (Å²) >= 11 is 0. The third-order valence-electron chi connectivity index (χ3n) is 13.1. The maximum Gasteiger partial charge on any atom is 0.263 e. The monoisotopic (exact) mass is 861 g/mol. The van der Waals surface area contributed by atoms with Crippen molar-refractivity contribution in [1.82, 2.24) is 34.6 Å². The molecular weight excluding hydrogens is 819 g/mol. The van der Waals surface area contributed by atoms with Crippen molar-refractivity contribution in [2.45, 2.75) is 77.3 Å². The molecular formula is C46H43N11O7. The van der Waals surface area contributed by atoms with Gasteiger partial charge in [0.2, 0.25) is 17.8 Å². The normalized spacial score (nSPS) is 18.7. The number of amides is 5. The van der Waals surface area contributed by atoms with Crippen molar-refractivity contribution in [3.05, 3.63) is 104 Å². The van der Waals surface area contributed by atoms with E-state index in [9.17, 15) is 33.6 Å². The predicted octanol–water partition coefficient (Wildman–Crippen LogP) is 5.43. The van der Waals surface area contributed by atoms with Crippen LogP contribution in [0.15, 0.2) is 69.9 Å². The Bertz CT molecular complexity index is 2950. The van der Waals surface area contributed by atoms with E-state index in [2.05, 4.69) is 35.7 Å². The minimum absolute atomic E-state index is 0.0282. The summed E-state index contributed by atoms with van der Waals surface area (Å²) in [7, 11) is 0. The fourth-order valence-electron chi connectivity index (χ4n) is 9.64. The van der Waals surface area contributed by atoms with Crippen LogP contribution in [0.5, 0.6) is 0 Å². The van der Waals surface area contributed by atoms with Crippen molar-refractivity contribution in [1.29, 1.82) is 0 Å². The molecule has 64 heavy (non-hydrogen) atoms. The number of imide groups is 2. The molecule has 0 spiro atoms. The number of nitrogens with one attached hydrogen (secondary N) is 2. The summed E-state index contributed by atoms with van der Waals surface area (Å²) in [5.41, 5.74) is 5.22. The number of ketones is 1. The number of piperidine rings is 1. The van der Waals surface area contributed by atoms with Crippen LogP contribution in [0, 0.1) is 6.92 Å². The summed E-state index contributed by atoms with van der Waals surface area (Å²) in [4.78, 5) is 110. The van der Waals surface area contributed by atoms with Crippen LogP contribution in [-0.4, -0.2) is 96.9 Å². The summed E-state index contributed by atoms with van der Waals surface area (Å²) in [6, 6.07) is 11.3. The first-order valence-electron chi connectivity index (χ1n) is 21.6. The van der Waals surface area contributed by atoms with Crippen LogP contribution in [-0.2, 0) is 22.4 Å². The number of aryl methyl sites for hydroxylation is 3. The minimum atomic E-state index is -1.07. The first kappa shape index (κ1) is 40.6. The smallest absolute Gasteiger partial charge is 0.263 e. The molecule has 5 amide bonds. The maximum absolute atomic E-state index is 13.8. The molecule has 3 aromatic heterocycles. The maximum atomic E-state index is 13.8. The molecule has 18 nitrogen and oxygen atoms in total. The fraction of sp³-hybridized carbons (Fsp3) is 0.348. The number of hydrogen-bond acceptors (Lipinski definition) is 14. The molecule has 10 rings (SSSR count). The number of piperazine rings is 1. The Hall–Kier alpha value is -7.50. The van der Waals surface area contributed by atoms with Gasteiger partial charge in [-0.05, 0) is 99.0 Å². The Morgan fingerprint density at radius 3 is 2.20 bits per heavy atom. The first-order chi connectivity index (χ1) is 30.9. The lowest BCUT2D eigenvalue weighted by molar-refractivity contribution is -0.136. The lowest BCUT2D eigenvalue weighted by Gasteiger charge is -2.36. The van der Waals surface area contributed by atoms with Gasteiger partial charge in [-0.3, -0.25) is 48.3 Å². The summed E-state index contributed by atoms with van der Waals surface area (Å²) in [5.74, 6) is -1.89. The largest absolute Gasteiger partial charge is 0.367 e. The highest BCUT2D eigenvalue weighted by Gasteiger charge is 2.45. The molecule has 1 unspecified atom stereocenters. The van der Waals surface area contributed by atoms with Crippen LogP contribution in [0.25, 0.3) is 11.0 Å². The fourth-order valence-corrected chi connectivity index (χ4v) is 9.64. The van der Waals surface area contributed by atoms with E-state index >= 15 is 0 Å². The number of hydrogen-bond donors (Lipinski definition) is 2. The number of benzene rings is 2. The van der Waals surface area contributed by atoms with Crippen LogP contribution < -0.4 is 21.1 Å².